The van der Waals surface area contributed by atoms with E-state index in [-0.39, 0.29) is 5.91 Å². The summed E-state index contributed by atoms with van der Waals surface area (Å²) in [7, 11) is 0. The molecule has 0 unspecified atom stereocenters. The maximum Gasteiger partial charge on any atom is 0.268 e. The zero-order valence-electron chi connectivity index (χ0n) is 12.5. The van der Waals surface area contributed by atoms with Gasteiger partial charge in [-0.2, -0.15) is 0 Å². The maximum atomic E-state index is 12.2. The van der Waals surface area contributed by atoms with Gasteiger partial charge in [0.2, 0.25) is 6.10 Å². The SMILES string of the molecule is CCc1ccc(NC(=O)[C@H]2CC(c3ccccc3)=NO2)cc1. The third-order valence-corrected chi connectivity index (χ3v) is 3.70. The van der Waals surface area contributed by atoms with Crippen molar-refractivity contribution in [2.24, 2.45) is 5.16 Å². The van der Waals surface area contributed by atoms with Crippen LogP contribution in [0.3, 0.4) is 0 Å². The Morgan fingerprint density at radius 3 is 2.59 bits per heavy atom. The van der Waals surface area contributed by atoms with Crippen LogP contribution in [0.2, 0.25) is 0 Å². The van der Waals surface area contributed by atoms with Crippen molar-refractivity contribution in [2.75, 3.05) is 5.32 Å². The van der Waals surface area contributed by atoms with Gasteiger partial charge in [-0.05, 0) is 29.7 Å². The van der Waals surface area contributed by atoms with Crippen molar-refractivity contribution in [1.29, 1.82) is 0 Å². The fourth-order valence-corrected chi connectivity index (χ4v) is 2.37. The van der Waals surface area contributed by atoms with E-state index in [4.69, 9.17) is 4.84 Å². The molecule has 4 nitrogen and oxygen atoms in total. The zero-order valence-corrected chi connectivity index (χ0v) is 12.5. The molecule has 0 fully saturated rings. The minimum Gasteiger partial charge on any atom is -0.382 e. The molecule has 1 N–H and O–H groups in total. The second kappa shape index (κ2) is 6.43. The number of hydrogen-bond donors (Lipinski definition) is 1. The molecule has 0 saturated heterocycles. The summed E-state index contributed by atoms with van der Waals surface area (Å²) in [5, 5.41) is 6.90. The van der Waals surface area contributed by atoms with Gasteiger partial charge in [-0.15, -0.1) is 0 Å². The van der Waals surface area contributed by atoms with Gasteiger partial charge in [0, 0.05) is 12.1 Å². The van der Waals surface area contributed by atoms with E-state index < -0.39 is 6.10 Å². The summed E-state index contributed by atoms with van der Waals surface area (Å²) < 4.78 is 0. The Morgan fingerprint density at radius 1 is 1.18 bits per heavy atom. The van der Waals surface area contributed by atoms with Crippen LogP contribution < -0.4 is 5.32 Å². The molecule has 0 saturated carbocycles. The highest BCUT2D eigenvalue weighted by atomic mass is 16.6. The molecular weight excluding hydrogens is 276 g/mol. The fraction of sp³-hybridized carbons (Fsp3) is 0.222. The van der Waals surface area contributed by atoms with E-state index in [9.17, 15) is 4.79 Å². The summed E-state index contributed by atoms with van der Waals surface area (Å²) in [6, 6.07) is 17.6. The highest BCUT2D eigenvalue weighted by Crippen LogP contribution is 2.18. The predicted molar refractivity (Wildman–Crippen MR) is 86.9 cm³/mol. The Bertz CT molecular complexity index is 678. The van der Waals surface area contributed by atoms with Gasteiger partial charge >= 0.3 is 0 Å². The molecule has 0 bridgehead atoms. The average molecular weight is 294 g/mol. The summed E-state index contributed by atoms with van der Waals surface area (Å²) in [5.74, 6) is -0.168. The Balaban J connectivity index is 1.60. The van der Waals surface area contributed by atoms with Crippen LogP contribution in [-0.2, 0) is 16.1 Å². The van der Waals surface area contributed by atoms with Crippen molar-refractivity contribution in [3.8, 4) is 0 Å². The van der Waals surface area contributed by atoms with Gasteiger partial charge in [0.05, 0.1) is 5.71 Å². The molecule has 0 radical (unpaired) electrons. The molecule has 112 valence electrons. The molecule has 1 atom stereocenters. The van der Waals surface area contributed by atoms with Gasteiger partial charge in [0.1, 0.15) is 0 Å². The van der Waals surface area contributed by atoms with Crippen LogP contribution in [0.5, 0.6) is 0 Å². The number of carbonyl (C=O) groups excluding carboxylic acids is 1. The van der Waals surface area contributed by atoms with E-state index in [0.717, 1.165) is 23.4 Å². The first-order chi connectivity index (χ1) is 10.8. The standard InChI is InChI=1S/C18H18N2O2/c1-2-13-8-10-15(11-9-13)19-18(21)17-12-16(20-22-17)14-6-4-3-5-7-14/h3-11,17H,2,12H2,1H3,(H,19,21)/t17-/m1/s1. The van der Waals surface area contributed by atoms with Gasteiger partial charge in [-0.25, -0.2) is 0 Å². The summed E-state index contributed by atoms with van der Waals surface area (Å²) in [5.41, 5.74) is 3.82. The molecule has 1 heterocycles. The predicted octanol–water partition coefficient (Wildman–Crippen LogP) is 3.38. The van der Waals surface area contributed by atoms with Gasteiger partial charge in [-0.3, -0.25) is 4.79 Å². The molecule has 0 spiro atoms. The summed E-state index contributed by atoms with van der Waals surface area (Å²) >= 11 is 0. The third kappa shape index (κ3) is 3.17. The first-order valence-corrected chi connectivity index (χ1v) is 7.44. The number of aryl methyl sites for hydroxylation is 1. The van der Waals surface area contributed by atoms with Crippen LogP contribution in [0, 0.1) is 0 Å². The van der Waals surface area contributed by atoms with Gasteiger partial charge in [0.15, 0.2) is 0 Å². The number of nitrogens with one attached hydrogen (secondary N) is 1. The number of carbonyl (C=O) groups is 1. The third-order valence-electron chi connectivity index (χ3n) is 3.70. The molecule has 3 rings (SSSR count). The summed E-state index contributed by atoms with van der Waals surface area (Å²) in [4.78, 5) is 17.5. The van der Waals surface area contributed by atoms with E-state index in [1.54, 1.807) is 0 Å². The van der Waals surface area contributed by atoms with Crippen molar-refractivity contribution in [1.82, 2.24) is 0 Å². The Hall–Kier alpha value is -2.62. The quantitative estimate of drug-likeness (QED) is 0.939. The maximum absolute atomic E-state index is 12.2. The number of hydrogen-bond acceptors (Lipinski definition) is 3. The number of amides is 1. The average Bonchev–Trinajstić information content (AvgIpc) is 3.06. The zero-order chi connectivity index (χ0) is 15.4. The van der Waals surface area contributed by atoms with Crippen molar-refractivity contribution in [2.45, 2.75) is 25.9 Å². The monoisotopic (exact) mass is 294 g/mol. The van der Waals surface area contributed by atoms with E-state index in [2.05, 4.69) is 17.4 Å². The van der Waals surface area contributed by atoms with E-state index in [1.165, 1.54) is 5.56 Å². The number of oxime groups is 1. The van der Waals surface area contributed by atoms with Crippen molar-refractivity contribution in [3.63, 3.8) is 0 Å². The smallest absolute Gasteiger partial charge is 0.268 e. The molecule has 1 aliphatic rings. The lowest BCUT2D eigenvalue weighted by molar-refractivity contribution is -0.125. The van der Waals surface area contributed by atoms with Crippen molar-refractivity contribution >= 4 is 17.3 Å². The fourth-order valence-electron chi connectivity index (χ4n) is 2.37. The van der Waals surface area contributed by atoms with Crippen LogP contribution in [0.4, 0.5) is 5.69 Å². The second-order valence-electron chi connectivity index (χ2n) is 5.24. The van der Waals surface area contributed by atoms with Gasteiger partial charge in [0.25, 0.3) is 5.91 Å². The normalized spacial score (nSPS) is 16.8. The highest BCUT2D eigenvalue weighted by molar-refractivity contribution is 6.06. The van der Waals surface area contributed by atoms with Gasteiger partial charge in [-0.1, -0.05) is 54.5 Å². The number of nitrogens with zero attached hydrogens (tertiary/aromatic N) is 1. The number of rotatable bonds is 4. The Kier molecular flexibility index (Phi) is 4.19. The molecular formula is C18H18N2O2. The van der Waals surface area contributed by atoms with Crippen molar-refractivity contribution < 1.29 is 9.63 Å². The lowest BCUT2D eigenvalue weighted by Gasteiger charge is -2.10. The Morgan fingerprint density at radius 2 is 1.91 bits per heavy atom. The molecule has 2 aromatic carbocycles. The van der Waals surface area contributed by atoms with Crippen molar-refractivity contribution in [3.05, 3.63) is 65.7 Å². The Labute approximate surface area is 129 Å². The lowest BCUT2D eigenvalue weighted by Crippen LogP contribution is -2.28. The highest BCUT2D eigenvalue weighted by Gasteiger charge is 2.28. The molecule has 0 aromatic heterocycles. The van der Waals surface area contributed by atoms with Crippen LogP contribution in [0.15, 0.2) is 59.8 Å². The van der Waals surface area contributed by atoms with E-state index >= 15 is 0 Å². The molecule has 0 aliphatic carbocycles. The molecule has 4 heteroatoms. The summed E-state index contributed by atoms with van der Waals surface area (Å²) in [6.07, 6.45) is 0.901. The number of anilines is 1. The molecule has 2 aromatic rings. The number of benzene rings is 2. The van der Waals surface area contributed by atoms with Crippen LogP contribution in [-0.4, -0.2) is 17.7 Å². The topological polar surface area (TPSA) is 50.7 Å². The first-order valence-electron chi connectivity index (χ1n) is 7.44. The molecule has 22 heavy (non-hydrogen) atoms. The van der Waals surface area contributed by atoms with Crippen LogP contribution >= 0.6 is 0 Å². The second-order valence-corrected chi connectivity index (χ2v) is 5.24. The molecule has 1 amide bonds. The van der Waals surface area contributed by atoms with Crippen LogP contribution in [0.1, 0.15) is 24.5 Å². The first kappa shape index (κ1) is 14.3. The minimum atomic E-state index is -0.568. The largest absolute Gasteiger partial charge is 0.382 e. The van der Waals surface area contributed by atoms with E-state index in [0.29, 0.717) is 6.42 Å². The minimum absolute atomic E-state index is 0.168. The molecule has 1 aliphatic heterocycles. The lowest BCUT2D eigenvalue weighted by atomic mass is 10.0. The van der Waals surface area contributed by atoms with Crippen LogP contribution in [0.25, 0.3) is 0 Å². The summed E-state index contributed by atoms with van der Waals surface area (Å²) in [6.45, 7) is 2.10. The van der Waals surface area contributed by atoms with Gasteiger partial charge < -0.3 is 10.2 Å². The van der Waals surface area contributed by atoms with E-state index in [1.807, 2.05) is 54.6 Å².